The zero-order chi connectivity index (χ0) is 15.4. The van der Waals surface area contributed by atoms with Crippen molar-refractivity contribution < 1.29 is 9.53 Å². The van der Waals surface area contributed by atoms with E-state index in [0.717, 1.165) is 34.6 Å². The second-order valence-corrected chi connectivity index (χ2v) is 7.02. The summed E-state index contributed by atoms with van der Waals surface area (Å²) < 4.78 is 8.37. The molecule has 0 unspecified atom stereocenters. The number of carbonyl (C=O) groups is 1. The molecule has 0 bridgehead atoms. The lowest BCUT2D eigenvalue weighted by Gasteiger charge is -2.24. The van der Waals surface area contributed by atoms with Crippen LogP contribution in [0.25, 0.3) is 10.9 Å². The summed E-state index contributed by atoms with van der Waals surface area (Å²) >= 11 is 3.75. The van der Waals surface area contributed by atoms with Crippen molar-refractivity contribution >= 4 is 38.5 Å². The Bertz CT molecular complexity index is 790. The van der Waals surface area contributed by atoms with E-state index in [1.807, 2.05) is 0 Å². The van der Waals surface area contributed by atoms with Gasteiger partial charge >= 0.3 is 5.97 Å². The molecule has 22 heavy (non-hydrogen) atoms. The molecule has 1 aliphatic heterocycles. The van der Waals surface area contributed by atoms with Crippen molar-refractivity contribution in [2.45, 2.75) is 38.6 Å². The highest BCUT2D eigenvalue weighted by Gasteiger charge is 2.31. The van der Waals surface area contributed by atoms with Gasteiger partial charge in [0.2, 0.25) is 0 Å². The average Bonchev–Trinajstić information content (AvgIpc) is 3.30. The first-order valence-electron chi connectivity index (χ1n) is 7.76. The van der Waals surface area contributed by atoms with E-state index in [0.29, 0.717) is 6.42 Å². The molecule has 0 radical (unpaired) electrons. The monoisotopic (exact) mass is 362 g/mol. The fraction of sp³-hybridized carbons (Fsp3) is 0.471. The molecule has 1 aromatic heterocycles. The first-order valence-corrected chi connectivity index (χ1v) is 8.56. The van der Waals surface area contributed by atoms with E-state index in [1.165, 1.54) is 42.2 Å². The van der Waals surface area contributed by atoms with Gasteiger partial charge in [-0.3, -0.25) is 4.79 Å². The fourth-order valence-electron chi connectivity index (χ4n) is 3.56. The van der Waals surface area contributed by atoms with Gasteiger partial charge < -0.3 is 14.6 Å². The number of anilines is 1. The van der Waals surface area contributed by atoms with E-state index < -0.39 is 0 Å². The Morgan fingerprint density at radius 2 is 2.27 bits per heavy atom. The van der Waals surface area contributed by atoms with Gasteiger partial charge in [0.05, 0.1) is 24.7 Å². The zero-order valence-electron chi connectivity index (χ0n) is 12.8. The van der Waals surface area contributed by atoms with E-state index >= 15 is 0 Å². The molecule has 116 valence electrons. The van der Waals surface area contributed by atoms with Crippen LogP contribution in [-0.2, 0) is 22.5 Å². The predicted molar refractivity (Wildman–Crippen MR) is 90.6 cm³/mol. The maximum atomic E-state index is 11.8. The zero-order valence-corrected chi connectivity index (χ0v) is 14.4. The molecule has 1 fully saturated rings. The maximum Gasteiger partial charge on any atom is 0.310 e. The molecule has 4 nitrogen and oxygen atoms in total. The molecule has 0 spiro atoms. The summed E-state index contributed by atoms with van der Waals surface area (Å²) in [6.07, 6.45) is 2.90. The van der Waals surface area contributed by atoms with Crippen molar-refractivity contribution in [3.63, 3.8) is 0 Å². The Labute approximate surface area is 137 Å². The van der Waals surface area contributed by atoms with Crippen LogP contribution in [0.5, 0.6) is 0 Å². The molecule has 1 aliphatic carbocycles. The van der Waals surface area contributed by atoms with Gasteiger partial charge in [-0.15, -0.1) is 0 Å². The van der Waals surface area contributed by atoms with Crippen molar-refractivity contribution in [2.24, 2.45) is 0 Å². The van der Waals surface area contributed by atoms with Crippen molar-refractivity contribution in [1.29, 1.82) is 0 Å². The third kappa shape index (κ3) is 1.98. The SMILES string of the molecule is COC(=O)Cc1c(C)c2c3c(cc(C4CC4)n3CCN2)c1Br. The van der Waals surface area contributed by atoms with Gasteiger partial charge in [-0.05, 0) is 58.8 Å². The number of nitrogens with zero attached hydrogens (tertiary/aromatic N) is 1. The van der Waals surface area contributed by atoms with Crippen molar-refractivity contribution in [1.82, 2.24) is 4.57 Å². The van der Waals surface area contributed by atoms with E-state index in [2.05, 4.69) is 38.8 Å². The summed E-state index contributed by atoms with van der Waals surface area (Å²) in [5, 5.41) is 4.75. The number of ether oxygens (including phenoxy) is 1. The summed E-state index contributed by atoms with van der Waals surface area (Å²) in [6, 6.07) is 2.31. The second-order valence-electron chi connectivity index (χ2n) is 6.23. The highest BCUT2D eigenvalue weighted by molar-refractivity contribution is 9.10. The summed E-state index contributed by atoms with van der Waals surface area (Å²) in [6.45, 7) is 4.05. The molecular formula is C17H19BrN2O2. The van der Waals surface area contributed by atoms with E-state index in [-0.39, 0.29) is 5.97 Å². The lowest BCUT2D eigenvalue weighted by atomic mass is 10.00. The summed E-state index contributed by atoms with van der Waals surface area (Å²) in [5.74, 6) is 0.516. The number of aromatic nitrogens is 1. The quantitative estimate of drug-likeness (QED) is 0.845. The van der Waals surface area contributed by atoms with E-state index in [1.54, 1.807) is 0 Å². The standard InChI is InChI=1S/C17H19BrN2O2/c1-9-11(8-14(21)22-2)15(18)12-7-13(10-3-4-10)20-6-5-19-16(9)17(12)20/h7,10,19H,3-6,8H2,1-2H3. The first kappa shape index (κ1) is 14.1. The van der Waals surface area contributed by atoms with E-state index in [4.69, 9.17) is 4.74 Å². The minimum atomic E-state index is -0.201. The topological polar surface area (TPSA) is 43.3 Å². The molecule has 2 aromatic rings. The summed E-state index contributed by atoms with van der Waals surface area (Å²) in [7, 11) is 1.44. The molecule has 0 saturated heterocycles. The van der Waals surface area contributed by atoms with Crippen LogP contribution in [0.2, 0.25) is 0 Å². The summed E-state index contributed by atoms with van der Waals surface area (Å²) in [5.41, 5.74) is 6.09. The number of hydrogen-bond donors (Lipinski definition) is 1. The number of rotatable bonds is 3. The summed E-state index contributed by atoms with van der Waals surface area (Å²) in [4.78, 5) is 11.8. The van der Waals surface area contributed by atoms with E-state index in [9.17, 15) is 4.79 Å². The molecular weight excluding hydrogens is 344 g/mol. The maximum absolute atomic E-state index is 11.8. The highest BCUT2D eigenvalue weighted by Crippen LogP contribution is 2.47. The molecule has 5 heteroatoms. The lowest BCUT2D eigenvalue weighted by Crippen LogP contribution is -2.20. The van der Waals surface area contributed by atoms with Crippen molar-refractivity contribution in [3.05, 3.63) is 27.4 Å². The number of methoxy groups -OCH3 is 1. The minimum Gasteiger partial charge on any atom is -0.469 e. The van der Waals surface area contributed by atoms with Crippen LogP contribution in [0.4, 0.5) is 5.69 Å². The highest BCUT2D eigenvalue weighted by atomic mass is 79.9. The third-order valence-electron chi connectivity index (χ3n) is 4.88. The van der Waals surface area contributed by atoms with Crippen LogP contribution in [0.1, 0.15) is 35.6 Å². The minimum absolute atomic E-state index is 0.201. The Kier molecular flexibility index (Phi) is 3.22. The smallest absolute Gasteiger partial charge is 0.310 e. The molecule has 0 atom stereocenters. The Morgan fingerprint density at radius 3 is 2.95 bits per heavy atom. The number of hydrogen-bond acceptors (Lipinski definition) is 3. The average molecular weight is 363 g/mol. The van der Waals surface area contributed by atoms with Crippen LogP contribution >= 0.6 is 15.9 Å². The molecule has 0 amide bonds. The number of esters is 1. The number of benzene rings is 1. The fourth-order valence-corrected chi connectivity index (χ4v) is 4.30. The van der Waals surface area contributed by atoms with Crippen LogP contribution in [-0.4, -0.2) is 24.2 Å². The molecule has 1 saturated carbocycles. The first-order chi connectivity index (χ1) is 10.6. The lowest BCUT2D eigenvalue weighted by molar-refractivity contribution is -0.139. The number of nitrogens with one attached hydrogen (secondary N) is 1. The van der Waals surface area contributed by atoms with Crippen LogP contribution in [0.3, 0.4) is 0 Å². The van der Waals surface area contributed by atoms with Gasteiger partial charge in [-0.2, -0.15) is 0 Å². The largest absolute Gasteiger partial charge is 0.469 e. The van der Waals surface area contributed by atoms with Crippen LogP contribution in [0, 0.1) is 6.92 Å². The molecule has 4 rings (SSSR count). The number of halogens is 1. The van der Waals surface area contributed by atoms with Gasteiger partial charge in [0.1, 0.15) is 0 Å². The van der Waals surface area contributed by atoms with Crippen molar-refractivity contribution in [3.8, 4) is 0 Å². The Hall–Kier alpha value is -1.49. The van der Waals surface area contributed by atoms with Gasteiger partial charge in [-0.25, -0.2) is 0 Å². The molecule has 2 aliphatic rings. The molecule has 2 heterocycles. The third-order valence-corrected chi connectivity index (χ3v) is 5.78. The second kappa shape index (κ2) is 5.01. The predicted octanol–water partition coefficient (Wildman–Crippen LogP) is 3.73. The van der Waals surface area contributed by atoms with Gasteiger partial charge in [0.15, 0.2) is 0 Å². The molecule has 1 aromatic carbocycles. The van der Waals surface area contributed by atoms with Crippen LogP contribution < -0.4 is 5.32 Å². The van der Waals surface area contributed by atoms with Gasteiger partial charge in [0, 0.05) is 28.6 Å². The Morgan fingerprint density at radius 1 is 1.50 bits per heavy atom. The van der Waals surface area contributed by atoms with Gasteiger partial charge in [-0.1, -0.05) is 0 Å². The van der Waals surface area contributed by atoms with Crippen molar-refractivity contribution in [2.75, 3.05) is 19.0 Å². The van der Waals surface area contributed by atoms with Gasteiger partial charge in [0.25, 0.3) is 0 Å². The normalized spacial score (nSPS) is 16.7. The number of carbonyl (C=O) groups excluding carboxylic acids is 1. The molecule has 1 N–H and O–H groups in total. The Balaban J connectivity index is 1.98. The van der Waals surface area contributed by atoms with Crippen LogP contribution in [0.15, 0.2) is 10.5 Å².